The number of para-hydroxylation sites is 1. The molecule has 110 valence electrons. The lowest BCUT2D eigenvalue weighted by Gasteiger charge is -2.24. The SMILES string of the molecule is CN(C)[C@@H]1CCN(c2ccccc2-c2ccccc2Br)C1. The van der Waals surface area contributed by atoms with Gasteiger partial charge in [0.15, 0.2) is 0 Å². The Morgan fingerprint density at radius 3 is 2.33 bits per heavy atom. The third-order valence-electron chi connectivity index (χ3n) is 4.30. The van der Waals surface area contributed by atoms with Crippen LogP contribution in [0.5, 0.6) is 0 Å². The molecule has 0 saturated carbocycles. The van der Waals surface area contributed by atoms with Crippen molar-refractivity contribution in [3.63, 3.8) is 0 Å². The van der Waals surface area contributed by atoms with Crippen LogP contribution in [-0.2, 0) is 0 Å². The largest absolute Gasteiger partial charge is 0.369 e. The molecule has 0 N–H and O–H groups in total. The molecular formula is C18H21BrN2. The Balaban J connectivity index is 1.96. The molecule has 2 nitrogen and oxygen atoms in total. The molecule has 2 aromatic carbocycles. The van der Waals surface area contributed by atoms with Crippen LogP contribution in [0.3, 0.4) is 0 Å². The summed E-state index contributed by atoms with van der Waals surface area (Å²) in [5.74, 6) is 0. The number of likely N-dealkylation sites (N-methyl/N-ethyl adjacent to an activating group) is 1. The maximum Gasteiger partial charge on any atom is 0.0446 e. The maximum absolute atomic E-state index is 3.68. The molecule has 3 rings (SSSR count). The lowest BCUT2D eigenvalue weighted by atomic mass is 10.0. The lowest BCUT2D eigenvalue weighted by Crippen LogP contribution is -2.31. The van der Waals surface area contributed by atoms with Crippen molar-refractivity contribution in [3.05, 3.63) is 53.0 Å². The number of hydrogen-bond donors (Lipinski definition) is 0. The second-order valence-electron chi connectivity index (χ2n) is 5.85. The highest BCUT2D eigenvalue weighted by molar-refractivity contribution is 9.10. The summed E-state index contributed by atoms with van der Waals surface area (Å²) in [6.07, 6.45) is 1.23. The zero-order valence-corrected chi connectivity index (χ0v) is 14.2. The van der Waals surface area contributed by atoms with Gasteiger partial charge in [0, 0.05) is 34.9 Å². The van der Waals surface area contributed by atoms with Gasteiger partial charge in [-0.1, -0.05) is 52.3 Å². The van der Waals surface area contributed by atoms with Gasteiger partial charge in [0.1, 0.15) is 0 Å². The number of hydrogen-bond acceptors (Lipinski definition) is 2. The lowest BCUT2D eigenvalue weighted by molar-refractivity contribution is 0.315. The molecule has 21 heavy (non-hydrogen) atoms. The van der Waals surface area contributed by atoms with Crippen molar-refractivity contribution < 1.29 is 0 Å². The molecule has 2 aromatic rings. The van der Waals surface area contributed by atoms with Gasteiger partial charge in [-0.2, -0.15) is 0 Å². The Labute approximate surface area is 135 Å². The van der Waals surface area contributed by atoms with Crippen LogP contribution in [0.2, 0.25) is 0 Å². The fourth-order valence-electron chi connectivity index (χ4n) is 3.04. The van der Waals surface area contributed by atoms with Crippen LogP contribution in [0.25, 0.3) is 11.1 Å². The molecule has 1 heterocycles. The van der Waals surface area contributed by atoms with E-state index in [0.29, 0.717) is 6.04 Å². The Morgan fingerprint density at radius 2 is 1.67 bits per heavy atom. The van der Waals surface area contributed by atoms with Crippen LogP contribution in [-0.4, -0.2) is 38.1 Å². The monoisotopic (exact) mass is 344 g/mol. The molecule has 1 atom stereocenters. The smallest absolute Gasteiger partial charge is 0.0446 e. The Bertz CT molecular complexity index is 624. The molecule has 1 saturated heterocycles. The molecule has 0 spiro atoms. The Morgan fingerprint density at radius 1 is 1.00 bits per heavy atom. The van der Waals surface area contributed by atoms with E-state index in [9.17, 15) is 0 Å². The van der Waals surface area contributed by atoms with E-state index in [1.54, 1.807) is 0 Å². The Hall–Kier alpha value is -1.32. The molecule has 3 heteroatoms. The van der Waals surface area contributed by atoms with Crippen molar-refractivity contribution in [1.29, 1.82) is 0 Å². The third kappa shape index (κ3) is 2.99. The minimum atomic E-state index is 0.650. The van der Waals surface area contributed by atoms with Crippen LogP contribution in [0.4, 0.5) is 5.69 Å². The summed E-state index contributed by atoms with van der Waals surface area (Å²) < 4.78 is 1.15. The van der Waals surface area contributed by atoms with Crippen LogP contribution < -0.4 is 4.90 Å². The van der Waals surface area contributed by atoms with Gasteiger partial charge in [-0.15, -0.1) is 0 Å². The highest BCUT2D eigenvalue weighted by Crippen LogP contribution is 2.36. The van der Waals surface area contributed by atoms with Crippen molar-refractivity contribution in [2.24, 2.45) is 0 Å². The van der Waals surface area contributed by atoms with Crippen LogP contribution in [0.15, 0.2) is 53.0 Å². The first kappa shape index (κ1) is 14.6. The normalized spacial score (nSPS) is 18.5. The minimum absolute atomic E-state index is 0.650. The summed E-state index contributed by atoms with van der Waals surface area (Å²) >= 11 is 3.68. The maximum atomic E-state index is 3.68. The molecule has 0 aromatic heterocycles. The fraction of sp³-hybridized carbons (Fsp3) is 0.333. The van der Waals surface area contributed by atoms with Crippen molar-refractivity contribution >= 4 is 21.6 Å². The van der Waals surface area contributed by atoms with Gasteiger partial charge in [0.25, 0.3) is 0 Å². The van der Waals surface area contributed by atoms with E-state index in [0.717, 1.165) is 17.6 Å². The van der Waals surface area contributed by atoms with Gasteiger partial charge in [-0.25, -0.2) is 0 Å². The number of rotatable bonds is 3. The molecule has 1 aliphatic rings. The number of benzene rings is 2. The first-order chi connectivity index (χ1) is 10.2. The average Bonchev–Trinajstić information content (AvgIpc) is 2.98. The molecule has 0 unspecified atom stereocenters. The summed E-state index contributed by atoms with van der Waals surface area (Å²) in [6.45, 7) is 2.23. The quantitative estimate of drug-likeness (QED) is 0.820. The molecule has 0 aliphatic carbocycles. The van der Waals surface area contributed by atoms with E-state index in [1.807, 2.05) is 0 Å². The van der Waals surface area contributed by atoms with E-state index in [4.69, 9.17) is 0 Å². The zero-order valence-electron chi connectivity index (χ0n) is 12.6. The van der Waals surface area contributed by atoms with E-state index in [2.05, 4.69) is 88.4 Å². The average molecular weight is 345 g/mol. The van der Waals surface area contributed by atoms with Crippen molar-refractivity contribution in [2.45, 2.75) is 12.5 Å². The zero-order chi connectivity index (χ0) is 14.8. The predicted octanol–water partition coefficient (Wildman–Crippen LogP) is 4.26. The number of nitrogens with zero attached hydrogens (tertiary/aromatic N) is 2. The van der Waals surface area contributed by atoms with Gasteiger partial charge in [0.05, 0.1) is 0 Å². The van der Waals surface area contributed by atoms with Gasteiger partial charge in [-0.05, 0) is 38.2 Å². The second kappa shape index (κ2) is 6.20. The highest BCUT2D eigenvalue weighted by atomic mass is 79.9. The molecule has 0 bridgehead atoms. The van der Waals surface area contributed by atoms with Gasteiger partial charge in [0.2, 0.25) is 0 Å². The van der Waals surface area contributed by atoms with Crippen LogP contribution >= 0.6 is 15.9 Å². The minimum Gasteiger partial charge on any atom is -0.369 e. The van der Waals surface area contributed by atoms with Gasteiger partial charge < -0.3 is 9.80 Å². The van der Waals surface area contributed by atoms with E-state index < -0.39 is 0 Å². The fourth-order valence-corrected chi connectivity index (χ4v) is 3.54. The van der Waals surface area contributed by atoms with Gasteiger partial charge >= 0.3 is 0 Å². The predicted molar refractivity (Wildman–Crippen MR) is 93.9 cm³/mol. The van der Waals surface area contributed by atoms with Crippen LogP contribution in [0.1, 0.15) is 6.42 Å². The summed E-state index contributed by atoms with van der Waals surface area (Å²) in [4.78, 5) is 4.85. The topological polar surface area (TPSA) is 6.48 Å². The Kier molecular flexibility index (Phi) is 4.32. The first-order valence-electron chi connectivity index (χ1n) is 7.42. The van der Waals surface area contributed by atoms with Gasteiger partial charge in [-0.3, -0.25) is 0 Å². The van der Waals surface area contributed by atoms with Crippen molar-refractivity contribution in [1.82, 2.24) is 4.90 Å². The molecule has 1 fully saturated rings. The number of anilines is 1. The van der Waals surface area contributed by atoms with Crippen LogP contribution in [0, 0.1) is 0 Å². The second-order valence-corrected chi connectivity index (χ2v) is 6.70. The summed E-state index contributed by atoms with van der Waals surface area (Å²) in [6, 6.07) is 17.8. The summed E-state index contributed by atoms with van der Waals surface area (Å²) in [5.41, 5.74) is 3.92. The number of halogens is 1. The summed E-state index contributed by atoms with van der Waals surface area (Å²) in [7, 11) is 4.35. The van der Waals surface area contributed by atoms with Crippen molar-refractivity contribution in [2.75, 3.05) is 32.1 Å². The third-order valence-corrected chi connectivity index (χ3v) is 4.99. The molecule has 0 radical (unpaired) electrons. The standard InChI is InChI=1S/C18H21BrN2/c1-20(2)14-11-12-21(13-14)18-10-6-4-8-16(18)15-7-3-5-9-17(15)19/h3-10,14H,11-13H2,1-2H3/t14-/m1/s1. The van der Waals surface area contributed by atoms with E-state index >= 15 is 0 Å². The first-order valence-corrected chi connectivity index (χ1v) is 8.21. The highest BCUT2D eigenvalue weighted by Gasteiger charge is 2.25. The summed E-state index contributed by atoms with van der Waals surface area (Å²) in [5, 5.41) is 0. The molecule has 0 amide bonds. The van der Waals surface area contributed by atoms with Crippen molar-refractivity contribution in [3.8, 4) is 11.1 Å². The molecular weight excluding hydrogens is 324 g/mol. The van der Waals surface area contributed by atoms with E-state index in [-0.39, 0.29) is 0 Å². The molecule has 1 aliphatic heterocycles. The van der Waals surface area contributed by atoms with E-state index in [1.165, 1.54) is 23.2 Å².